The number of rotatable bonds is 5. The number of amides is 1. The lowest BCUT2D eigenvalue weighted by Crippen LogP contribution is -2.14. The molecule has 25 heavy (non-hydrogen) atoms. The van der Waals surface area contributed by atoms with E-state index in [1.807, 2.05) is 0 Å². The molecule has 0 atom stereocenters. The second-order valence-corrected chi connectivity index (χ2v) is 5.76. The highest BCUT2D eigenvalue weighted by Crippen LogP contribution is 2.27. The van der Waals surface area contributed by atoms with Gasteiger partial charge in [0, 0.05) is 10.7 Å². The molecule has 130 valence electrons. The van der Waals surface area contributed by atoms with Gasteiger partial charge in [-0.15, -0.1) is 5.11 Å². The van der Waals surface area contributed by atoms with Gasteiger partial charge in [0.2, 0.25) is 0 Å². The zero-order valence-corrected chi connectivity index (χ0v) is 15.0. The molecule has 0 bridgehead atoms. The first kappa shape index (κ1) is 18.8. The number of anilines is 1. The molecule has 0 aliphatic carbocycles. The van der Waals surface area contributed by atoms with Crippen molar-refractivity contribution in [1.29, 1.82) is 0 Å². The molecular formula is C17H15Cl2N3O3. The van der Waals surface area contributed by atoms with Gasteiger partial charge in [0.15, 0.2) is 5.70 Å². The zero-order chi connectivity index (χ0) is 18.4. The van der Waals surface area contributed by atoms with Gasteiger partial charge in [-0.1, -0.05) is 23.2 Å². The van der Waals surface area contributed by atoms with Gasteiger partial charge in [0.1, 0.15) is 11.5 Å². The van der Waals surface area contributed by atoms with Crippen LogP contribution in [0.4, 0.5) is 11.4 Å². The monoisotopic (exact) mass is 379 g/mol. The number of carbonyl (C=O) groups is 1. The largest absolute Gasteiger partial charge is 0.510 e. The SMILES string of the molecule is COc1ccc(NC(=O)/C(N=Nc2ccc(Cl)cc2)=C(\C)O)cc1Cl. The number of ether oxygens (including phenoxy) is 1. The van der Waals surface area contributed by atoms with Crippen LogP contribution in [-0.2, 0) is 4.79 Å². The topological polar surface area (TPSA) is 83.3 Å². The van der Waals surface area contributed by atoms with Crippen LogP contribution in [0.5, 0.6) is 5.75 Å². The third-order valence-corrected chi connectivity index (χ3v) is 3.61. The van der Waals surface area contributed by atoms with Crippen LogP contribution in [0.25, 0.3) is 0 Å². The Hall–Kier alpha value is -2.57. The Bertz CT molecular complexity index is 830. The van der Waals surface area contributed by atoms with Crippen molar-refractivity contribution in [3.8, 4) is 5.75 Å². The van der Waals surface area contributed by atoms with Gasteiger partial charge in [-0.25, -0.2) is 0 Å². The third kappa shape index (κ3) is 5.20. The van der Waals surface area contributed by atoms with Crippen LogP contribution < -0.4 is 10.1 Å². The Labute approximate surface area is 154 Å². The zero-order valence-electron chi connectivity index (χ0n) is 13.5. The lowest BCUT2D eigenvalue weighted by atomic mass is 10.3. The molecule has 1 amide bonds. The molecule has 8 heteroatoms. The van der Waals surface area contributed by atoms with Crippen molar-refractivity contribution in [3.63, 3.8) is 0 Å². The maximum Gasteiger partial charge on any atom is 0.279 e. The van der Waals surface area contributed by atoms with E-state index in [-0.39, 0.29) is 11.5 Å². The molecule has 0 saturated heterocycles. The molecule has 0 aliphatic rings. The molecule has 0 radical (unpaired) electrons. The first-order valence-electron chi connectivity index (χ1n) is 7.12. The summed E-state index contributed by atoms with van der Waals surface area (Å²) in [5.41, 5.74) is 0.696. The second kappa shape index (κ2) is 8.50. The van der Waals surface area contributed by atoms with E-state index in [1.54, 1.807) is 36.4 Å². The Morgan fingerprint density at radius 2 is 1.84 bits per heavy atom. The van der Waals surface area contributed by atoms with Crippen LogP contribution in [-0.4, -0.2) is 18.1 Å². The number of allylic oxidation sites excluding steroid dienone is 1. The highest BCUT2D eigenvalue weighted by molar-refractivity contribution is 6.32. The normalized spacial score (nSPS) is 12.0. The van der Waals surface area contributed by atoms with Gasteiger partial charge in [-0.05, 0) is 49.4 Å². The minimum atomic E-state index is -0.626. The average molecular weight is 380 g/mol. The van der Waals surface area contributed by atoms with Crippen LogP contribution in [0, 0.1) is 0 Å². The minimum Gasteiger partial charge on any atom is -0.510 e. The van der Waals surface area contributed by atoms with Crippen molar-refractivity contribution in [2.75, 3.05) is 12.4 Å². The van der Waals surface area contributed by atoms with Gasteiger partial charge in [0.25, 0.3) is 5.91 Å². The first-order valence-corrected chi connectivity index (χ1v) is 7.88. The summed E-state index contributed by atoms with van der Waals surface area (Å²) in [7, 11) is 1.49. The highest BCUT2D eigenvalue weighted by atomic mass is 35.5. The van der Waals surface area contributed by atoms with Crippen LogP contribution in [0.3, 0.4) is 0 Å². The maximum atomic E-state index is 12.3. The number of nitrogens with zero attached hydrogens (tertiary/aromatic N) is 2. The Kier molecular flexibility index (Phi) is 6.38. The molecule has 2 aromatic rings. The summed E-state index contributed by atoms with van der Waals surface area (Å²) in [4.78, 5) is 12.3. The molecule has 0 heterocycles. The molecule has 0 unspecified atom stereocenters. The predicted octanol–water partition coefficient (Wildman–Crippen LogP) is 5.51. The molecule has 0 spiro atoms. The standard InChI is InChI=1S/C17H15Cl2N3O3/c1-10(23)16(22-21-12-5-3-11(18)4-6-12)17(24)20-13-7-8-15(25-2)14(19)9-13/h3-9,23H,1-2H3,(H,20,24)/b16-10-,22-21?. The molecular weight excluding hydrogens is 365 g/mol. The average Bonchev–Trinajstić information content (AvgIpc) is 2.56. The number of hydrogen-bond donors (Lipinski definition) is 2. The minimum absolute atomic E-state index is 0.220. The van der Waals surface area contributed by atoms with E-state index in [2.05, 4.69) is 15.5 Å². The van der Waals surface area contributed by atoms with Crippen molar-refractivity contribution in [2.24, 2.45) is 10.2 Å². The summed E-state index contributed by atoms with van der Waals surface area (Å²) in [6.07, 6.45) is 0. The van der Waals surface area contributed by atoms with Crippen molar-refractivity contribution < 1.29 is 14.6 Å². The fourth-order valence-electron chi connectivity index (χ4n) is 1.83. The number of azo groups is 1. The first-order chi connectivity index (χ1) is 11.9. The van der Waals surface area contributed by atoms with Crippen molar-refractivity contribution in [1.82, 2.24) is 0 Å². The van der Waals surface area contributed by atoms with Gasteiger partial charge in [-0.3, -0.25) is 4.79 Å². The van der Waals surface area contributed by atoms with Crippen LogP contribution >= 0.6 is 23.2 Å². The molecule has 2 rings (SSSR count). The number of methoxy groups -OCH3 is 1. The van der Waals surface area contributed by atoms with E-state index in [0.29, 0.717) is 27.2 Å². The van der Waals surface area contributed by atoms with E-state index >= 15 is 0 Å². The molecule has 6 nitrogen and oxygen atoms in total. The van der Waals surface area contributed by atoms with Crippen molar-refractivity contribution in [3.05, 3.63) is 64.0 Å². The molecule has 2 aromatic carbocycles. The summed E-state index contributed by atoms with van der Waals surface area (Å²) in [5.74, 6) is -0.412. The summed E-state index contributed by atoms with van der Waals surface area (Å²) >= 11 is 11.8. The van der Waals surface area contributed by atoms with E-state index in [1.165, 1.54) is 20.1 Å². The summed E-state index contributed by atoms with van der Waals surface area (Å²) < 4.78 is 5.05. The summed E-state index contributed by atoms with van der Waals surface area (Å²) in [6, 6.07) is 11.3. The van der Waals surface area contributed by atoms with E-state index in [0.717, 1.165) is 0 Å². The van der Waals surface area contributed by atoms with Gasteiger partial charge >= 0.3 is 0 Å². The fourth-order valence-corrected chi connectivity index (χ4v) is 2.22. The molecule has 0 fully saturated rings. The van der Waals surface area contributed by atoms with Crippen LogP contribution in [0.1, 0.15) is 6.92 Å². The third-order valence-electron chi connectivity index (χ3n) is 3.06. The Morgan fingerprint density at radius 1 is 1.16 bits per heavy atom. The predicted molar refractivity (Wildman–Crippen MR) is 97.9 cm³/mol. The molecule has 0 aromatic heterocycles. The smallest absolute Gasteiger partial charge is 0.279 e. The Balaban J connectivity index is 2.17. The fraction of sp³-hybridized carbons (Fsp3) is 0.118. The van der Waals surface area contributed by atoms with E-state index in [9.17, 15) is 9.90 Å². The number of hydrogen-bond acceptors (Lipinski definition) is 5. The molecule has 2 N–H and O–H groups in total. The lowest BCUT2D eigenvalue weighted by molar-refractivity contribution is -0.113. The van der Waals surface area contributed by atoms with E-state index in [4.69, 9.17) is 27.9 Å². The van der Waals surface area contributed by atoms with E-state index < -0.39 is 5.91 Å². The number of benzene rings is 2. The number of carbonyl (C=O) groups excluding carboxylic acids is 1. The highest BCUT2D eigenvalue weighted by Gasteiger charge is 2.14. The summed E-state index contributed by atoms with van der Waals surface area (Å²) in [5, 5.41) is 20.9. The van der Waals surface area contributed by atoms with Crippen molar-refractivity contribution >= 4 is 40.5 Å². The Morgan fingerprint density at radius 3 is 2.40 bits per heavy atom. The second-order valence-electron chi connectivity index (χ2n) is 4.91. The maximum absolute atomic E-state index is 12.3. The van der Waals surface area contributed by atoms with Crippen molar-refractivity contribution in [2.45, 2.75) is 6.92 Å². The quantitative estimate of drug-likeness (QED) is 0.407. The lowest BCUT2D eigenvalue weighted by Gasteiger charge is -2.08. The molecule has 0 aliphatic heterocycles. The van der Waals surface area contributed by atoms with Crippen LogP contribution in [0.2, 0.25) is 10.0 Å². The number of aliphatic hydroxyl groups excluding tert-OH is 1. The van der Waals surface area contributed by atoms with Gasteiger partial charge in [0.05, 0.1) is 17.8 Å². The number of nitrogens with one attached hydrogen (secondary N) is 1. The summed E-state index contributed by atoms with van der Waals surface area (Å²) in [6.45, 7) is 1.34. The molecule has 0 saturated carbocycles. The number of halogens is 2. The number of aliphatic hydroxyl groups is 1. The van der Waals surface area contributed by atoms with Gasteiger partial charge < -0.3 is 15.2 Å². The van der Waals surface area contributed by atoms with Crippen LogP contribution in [0.15, 0.2) is 64.1 Å². The van der Waals surface area contributed by atoms with Gasteiger partial charge in [-0.2, -0.15) is 5.11 Å².